The predicted molar refractivity (Wildman–Crippen MR) is 62.2 cm³/mol. The second-order valence-electron chi connectivity index (χ2n) is 4.16. The van der Waals surface area contributed by atoms with Gasteiger partial charge in [-0.1, -0.05) is 30.3 Å². The fraction of sp³-hybridized carbons (Fsp3) is 0.308. The summed E-state index contributed by atoms with van der Waals surface area (Å²) < 4.78 is 39.6. The van der Waals surface area contributed by atoms with Crippen molar-refractivity contribution in [3.05, 3.63) is 54.1 Å². The lowest BCUT2D eigenvalue weighted by molar-refractivity contribution is -0.148. The van der Waals surface area contributed by atoms with Crippen molar-refractivity contribution in [1.29, 1.82) is 0 Å². The maximum Gasteiger partial charge on any atom is 0.398 e. The van der Waals surface area contributed by atoms with E-state index in [1.54, 1.807) is 6.20 Å². The minimum atomic E-state index is -4.26. The van der Waals surface area contributed by atoms with Crippen LogP contribution in [0.5, 0.6) is 0 Å². The molecule has 96 valence electrons. The van der Waals surface area contributed by atoms with Crippen molar-refractivity contribution in [1.82, 2.24) is 9.55 Å². The maximum atomic E-state index is 12.7. The van der Waals surface area contributed by atoms with Gasteiger partial charge in [-0.15, -0.1) is 0 Å². The van der Waals surface area contributed by atoms with Crippen LogP contribution in [0.4, 0.5) is 13.2 Å². The highest BCUT2D eigenvalue weighted by Gasteiger charge is 2.39. The summed E-state index contributed by atoms with van der Waals surface area (Å²) in [7, 11) is 0. The molecule has 0 amide bonds. The summed E-state index contributed by atoms with van der Waals surface area (Å²) in [5.74, 6) is -1.51. The number of halogens is 3. The number of hydrogen-bond acceptors (Lipinski definition) is 1. The molecule has 0 spiro atoms. The van der Waals surface area contributed by atoms with Crippen LogP contribution in [-0.2, 0) is 6.54 Å². The van der Waals surface area contributed by atoms with Gasteiger partial charge in [-0.25, -0.2) is 4.98 Å². The zero-order valence-electron chi connectivity index (χ0n) is 9.85. The second-order valence-corrected chi connectivity index (χ2v) is 4.16. The number of imidazole rings is 1. The quantitative estimate of drug-likeness (QED) is 0.818. The molecule has 1 unspecified atom stereocenters. The van der Waals surface area contributed by atoms with Crippen molar-refractivity contribution >= 4 is 0 Å². The molecule has 0 saturated carbocycles. The zero-order valence-corrected chi connectivity index (χ0v) is 9.85. The molecule has 0 N–H and O–H groups in total. The number of rotatable bonds is 3. The summed E-state index contributed by atoms with van der Waals surface area (Å²) >= 11 is 0. The molecule has 2 aromatic rings. The number of nitrogens with zero attached hydrogens (tertiary/aromatic N) is 2. The van der Waals surface area contributed by atoms with Crippen molar-refractivity contribution in [2.24, 2.45) is 0 Å². The molecular formula is C13H13F3N2. The van der Waals surface area contributed by atoms with Crippen molar-refractivity contribution in [2.45, 2.75) is 25.6 Å². The monoisotopic (exact) mass is 254 g/mol. The first-order chi connectivity index (χ1) is 8.48. The van der Waals surface area contributed by atoms with Gasteiger partial charge in [0, 0.05) is 18.9 Å². The molecule has 2 nitrogen and oxygen atoms in total. The molecule has 5 heteroatoms. The normalized spacial score (nSPS) is 13.6. The smallest absolute Gasteiger partial charge is 0.330 e. The Hall–Kier alpha value is -1.78. The summed E-state index contributed by atoms with van der Waals surface area (Å²) in [6.45, 7) is 1.53. The lowest BCUT2D eigenvalue weighted by Crippen LogP contribution is -2.21. The lowest BCUT2D eigenvalue weighted by Gasteiger charge is -2.17. The largest absolute Gasteiger partial charge is 0.398 e. The Kier molecular flexibility index (Phi) is 3.41. The van der Waals surface area contributed by atoms with Crippen molar-refractivity contribution in [2.75, 3.05) is 0 Å². The zero-order chi connectivity index (χ0) is 13.2. The molecule has 0 radical (unpaired) electrons. The third-order valence-corrected chi connectivity index (χ3v) is 2.82. The van der Waals surface area contributed by atoms with E-state index >= 15 is 0 Å². The van der Waals surface area contributed by atoms with Crippen molar-refractivity contribution in [3.8, 4) is 0 Å². The molecule has 2 rings (SSSR count). The minimum Gasteiger partial charge on any atom is -0.330 e. The fourth-order valence-corrected chi connectivity index (χ4v) is 1.76. The Morgan fingerprint density at radius 2 is 1.89 bits per heavy atom. The van der Waals surface area contributed by atoms with E-state index in [2.05, 4.69) is 4.98 Å². The van der Waals surface area contributed by atoms with Crippen LogP contribution in [0.25, 0.3) is 0 Å². The molecular weight excluding hydrogens is 241 g/mol. The van der Waals surface area contributed by atoms with Crippen LogP contribution in [0.1, 0.15) is 24.2 Å². The Morgan fingerprint density at radius 1 is 1.22 bits per heavy atom. The highest BCUT2D eigenvalue weighted by molar-refractivity contribution is 5.16. The average molecular weight is 254 g/mol. The topological polar surface area (TPSA) is 17.8 Å². The summed E-state index contributed by atoms with van der Waals surface area (Å²) in [5, 5.41) is 0. The van der Waals surface area contributed by atoms with Crippen molar-refractivity contribution < 1.29 is 13.2 Å². The Labute approximate surface area is 103 Å². The van der Waals surface area contributed by atoms with E-state index in [1.807, 2.05) is 30.3 Å². The number of hydrogen-bond donors (Lipinski definition) is 0. The summed E-state index contributed by atoms with van der Waals surface area (Å²) in [4.78, 5) is 3.82. The van der Waals surface area contributed by atoms with E-state index in [-0.39, 0.29) is 5.82 Å². The van der Waals surface area contributed by atoms with Gasteiger partial charge in [-0.3, -0.25) is 0 Å². The summed E-state index contributed by atoms with van der Waals surface area (Å²) in [6, 6.07) is 9.35. The van der Waals surface area contributed by atoms with Gasteiger partial charge in [0.15, 0.2) is 0 Å². The van der Waals surface area contributed by atoms with Gasteiger partial charge in [0.05, 0.1) is 0 Å². The summed E-state index contributed by atoms with van der Waals surface area (Å²) in [6.07, 6.45) is -1.29. The van der Waals surface area contributed by atoms with E-state index in [1.165, 1.54) is 10.8 Å². The van der Waals surface area contributed by atoms with Crippen LogP contribution in [0.15, 0.2) is 42.7 Å². The van der Waals surface area contributed by atoms with Crippen molar-refractivity contribution in [3.63, 3.8) is 0 Å². The third-order valence-electron chi connectivity index (χ3n) is 2.82. The fourth-order valence-electron chi connectivity index (χ4n) is 1.76. The Balaban J connectivity index is 2.24. The van der Waals surface area contributed by atoms with E-state index in [0.29, 0.717) is 6.54 Å². The predicted octanol–water partition coefficient (Wildman–Crippen LogP) is 3.60. The first kappa shape index (κ1) is 12.7. The molecule has 1 atom stereocenters. The molecule has 0 fully saturated rings. The maximum absolute atomic E-state index is 12.7. The Bertz CT molecular complexity index is 502. The van der Waals surface area contributed by atoms with Crippen LogP contribution in [0.3, 0.4) is 0 Å². The van der Waals surface area contributed by atoms with E-state index < -0.39 is 12.1 Å². The van der Waals surface area contributed by atoms with Gasteiger partial charge < -0.3 is 4.57 Å². The van der Waals surface area contributed by atoms with Gasteiger partial charge in [0.1, 0.15) is 11.7 Å². The van der Waals surface area contributed by atoms with E-state index in [0.717, 1.165) is 12.5 Å². The lowest BCUT2D eigenvalue weighted by atomic mass is 10.1. The Morgan fingerprint density at radius 3 is 2.50 bits per heavy atom. The first-order valence-corrected chi connectivity index (χ1v) is 5.60. The third kappa shape index (κ3) is 2.72. The molecule has 0 saturated heterocycles. The van der Waals surface area contributed by atoms with Gasteiger partial charge in [-0.05, 0) is 12.5 Å². The molecule has 1 aromatic carbocycles. The summed E-state index contributed by atoms with van der Waals surface area (Å²) in [5.41, 5.74) is 0.950. The SMILES string of the molecule is CC(c1nccn1Cc1ccccc1)C(F)(F)F. The average Bonchev–Trinajstić information content (AvgIpc) is 2.76. The minimum absolute atomic E-state index is 0.0475. The molecule has 0 aliphatic heterocycles. The number of aromatic nitrogens is 2. The van der Waals surface area contributed by atoms with Gasteiger partial charge >= 0.3 is 6.18 Å². The molecule has 1 heterocycles. The number of alkyl halides is 3. The van der Waals surface area contributed by atoms with Crippen LogP contribution < -0.4 is 0 Å². The molecule has 1 aromatic heterocycles. The molecule has 0 bridgehead atoms. The molecule has 18 heavy (non-hydrogen) atoms. The van der Waals surface area contributed by atoms with Gasteiger partial charge in [0.25, 0.3) is 0 Å². The van der Waals surface area contributed by atoms with E-state index in [4.69, 9.17) is 0 Å². The number of benzene rings is 1. The molecule has 0 aliphatic carbocycles. The second kappa shape index (κ2) is 4.84. The first-order valence-electron chi connectivity index (χ1n) is 5.60. The van der Waals surface area contributed by atoms with Crippen LogP contribution >= 0.6 is 0 Å². The van der Waals surface area contributed by atoms with E-state index in [9.17, 15) is 13.2 Å². The van der Waals surface area contributed by atoms with Crippen LogP contribution in [-0.4, -0.2) is 15.7 Å². The molecule has 0 aliphatic rings. The van der Waals surface area contributed by atoms with Crippen LogP contribution in [0, 0.1) is 0 Å². The highest BCUT2D eigenvalue weighted by Crippen LogP contribution is 2.33. The van der Waals surface area contributed by atoms with Gasteiger partial charge in [0.2, 0.25) is 0 Å². The van der Waals surface area contributed by atoms with Crippen LogP contribution in [0.2, 0.25) is 0 Å². The standard InChI is InChI=1S/C13H13F3N2/c1-10(13(14,15)16)12-17-7-8-18(12)9-11-5-3-2-4-6-11/h2-8,10H,9H2,1H3. The highest BCUT2D eigenvalue weighted by atomic mass is 19.4. The van der Waals surface area contributed by atoms with Gasteiger partial charge in [-0.2, -0.15) is 13.2 Å².